The van der Waals surface area contributed by atoms with Crippen LogP contribution in [-0.4, -0.2) is 21.3 Å². The van der Waals surface area contributed by atoms with Gasteiger partial charge in [0.25, 0.3) is 0 Å². The Morgan fingerprint density at radius 3 is 2.36 bits per heavy atom. The molecule has 0 aromatic heterocycles. The summed E-state index contributed by atoms with van der Waals surface area (Å²) in [6.07, 6.45) is 0.823. The summed E-state index contributed by atoms with van der Waals surface area (Å²) in [5.41, 5.74) is 12.9. The molecule has 5 N–H and O–H groups in total. The molecule has 1 aliphatic heterocycles. The maximum absolute atomic E-state index is 12.2. The molecule has 0 radical (unpaired) electrons. The zero-order chi connectivity index (χ0) is 25.3. The van der Waals surface area contributed by atoms with E-state index < -0.39 is 10.0 Å². The molecule has 2 atom stereocenters. The Kier molecular flexibility index (Phi) is 6.35. The van der Waals surface area contributed by atoms with Gasteiger partial charge in [-0.1, -0.05) is 66.7 Å². The first-order chi connectivity index (χ1) is 17.3. The minimum absolute atomic E-state index is 0.0207. The number of anilines is 1. The van der Waals surface area contributed by atoms with Gasteiger partial charge in [-0.3, -0.25) is 4.99 Å². The number of sulfonamides is 1. The highest BCUT2D eigenvalue weighted by Gasteiger charge is 2.29. The molecule has 2 unspecified atom stereocenters. The van der Waals surface area contributed by atoms with Crippen LogP contribution in [0.1, 0.15) is 40.6 Å². The van der Waals surface area contributed by atoms with E-state index in [9.17, 15) is 8.42 Å². The molecule has 4 aromatic carbocycles. The fourth-order valence-corrected chi connectivity index (χ4v) is 5.74. The van der Waals surface area contributed by atoms with E-state index in [2.05, 4.69) is 52.8 Å². The second-order valence-corrected chi connectivity index (χ2v) is 10.5. The number of rotatable bonds is 5. The van der Waals surface area contributed by atoms with Crippen molar-refractivity contribution in [2.75, 3.05) is 12.4 Å². The summed E-state index contributed by atoms with van der Waals surface area (Å²) < 4.78 is 24.4. The van der Waals surface area contributed by atoms with Crippen LogP contribution >= 0.6 is 0 Å². The molecule has 0 fully saturated rings. The van der Waals surface area contributed by atoms with Crippen molar-refractivity contribution in [1.29, 1.82) is 0 Å². The van der Waals surface area contributed by atoms with Crippen LogP contribution in [0.3, 0.4) is 0 Å². The van der Waals surface area contributed by atoms with Crippen molar-refractivity contribution in [2.24, 2.45) is 15.9 Å². The summed E-state index contributed by atoms with van der Waals surface area (Å²) in [4.78, 5) is 4.27. The molecule has 36 heavy (non-hydrogen) atoms. The number of nitrogens with two attached hydrogens (primary N) is 2. The minimum atomic E-state index is -3.85. The summed E-state index contributed by atoms with van der Waals surface area (Å²) in [6, 6.07) is 31.5. The maximum Gasteiger partial charge on any atom is 0.238 e. The second kappa shape index (κ2) is 9.60. The number of hydrogen-bond acceptors (Lipinski definition) is 4. The van der Waals surface area contributed by atoms with Gasteiger partial charge in [-0.2, -0.15) is 0 Å². The molecule has 0 bridgehead atoms. The van der Waals surface area contributed by atoms with Gasteiger partial charge < -0.3 is 11.1 Å². The van der Waals surface area contributed by atoms with Gasteiger partial charge in [0.15, 0.2) is 0 Å². The van der Waals surface area contributed by atoms with Gasteiger partial charge in [-0.15, -0.1) is 0 Å². The first-order valence-electron chi connectivity index (χ1n) is 11.8. The van der Waals surface area contributed by atoms with E-state index in [1.807, 2.05) is 36.4 Å². The lowest BCUT2D eigenvalue weighted by Gasteiger charge is -2.34. The molecule has 0 saturated carbocycles. The van der Waals surface area contributed by atoms with Crippen molar-refractivity contribution in [3.05, 3.63) is 119 Å². The quantitative estimate of drug-likeness (QED) is 0.266. The average Bonchev–Trinajstić information content (AvgIpc) is 2.91. The third kappa shape index (κ3) is 4.63. The lowest BCUT2D eigenvalue weighted by molar-refractivity contribution is 0.598. The molecular weight excluding hydrogens is 468 g/mol. The molecule has 5 rings (SSSR count). The Bertz CT molecular complexity index is 1550. The van der Waals surface area contributed by atoms with Gasteiger partial charge in [0.05, 0.1) is 10.9 Å². The van der Waals surface area contributed by atoms with Gasteiger partial charge in [0.1, 0.15) is 5.84 Å². The Morgan fingerprint density at radius 1 is 0.889 bits per heavy atom. The molecule has 4 aromatic rings. The van der Waals surface area contributed by atoms with Crippen LogP contribution < -0.4 is 16.2 Å². The summed E-state index contributed by atoms with van der Waals surface area (Å²) >= 11 is 0. The summed E-state index contributed by atoms with van der Waals surface area (Å²) in [7, 11) is -2.16. The topological polar surface area (TPSA) is 111 Å². The third-order valence-corrected chi connectivity index (χ3v) is 7.73. The Hall–Kier alpha value is -3.94. The monoisotopic (exact) mass is 496 g/mol. The van der Waals surface area contributed by atoms with Gasteiger partial charge in [0.2, 0.25) is 10.0 Å². The molecule has 1 aliphatic rings. The summed E-state index contributed by atoms with van der Waals surface area (Å²) in [5.74, 6) is 0.658. The van der Waals surface area contributed by atoms with Crippen molar-refractivity contribution in [1.82, 2.24) is 0 Å². The van der Waals surface area contributed by atoms with Crippen LogP contribution in [0.15, 0.2) is 107 Å². The Balaban J connectivity index is 1.58. The van der Waals surface area contributed by atoms with E-state index in [4.69, 9.17) is 10.9 Å². The van der Waals surface area contributed by atoms with E-state index in [0.29, 0.717) is 11.4 Å². The Labute approximate surface area is 211 Å². The maximum atomic E-state index is 12.2. The van der Waals surface area contributed by atoms with E-state index in [-0.39, 0.29) is 16.9 Å². The van der Waals surface area contributed by atoms with Crippen LogP contribution in [0.4, 0.5) is 5.69 Å². The largest absolute Gasteiger partial charge is 0.384 e. The van der Waals surface area contributed by atoms with Crippen LogP contribution in [0, 0.1) is 0 Å². The number of amidine groups is 1. The highest BCUT2D eigenvalue weighted by Crippen LogP contribution is 2.44. The van der Waals surface area contributed by atoms with Crippen molar-refractivity contribution in [3.8, 4) is 11.1 Å². The van der Waals surface area contributed by atoms with Crippen LogP contribution in [0.5, 0.6) is 0 Å². The number of aliphatic imine (C=N–C) groups is 1. The van der Waals surface area contributed by atoms with Crippen LogP contribution in [0.2, 0.25) is 0 Å². The molecule has 1 heterocycles. The number of primary sulfonamides is 1. The highest BCUT2D eigenvalue weighted by molar-refractivity contribution is 7.89. The van der Waals surface area contributed by atoms with Crippen molar-refractivity contribution < 1.29 is 8.42 Å². The number of benzene rings is 4. The Morgan fingerprint density at radius 2 is 1.61 bits per heavy atom. The zero-order valence-electron chi connectivity index (χ0n) is 19.9. The second-order valence-electron chi connectivity index (χ2n) is 8.97. The van der Waals surface area contributed by atoms with Crippen molar-refractivity contribution >= 4 is 21.5 Å². The number of hydrogen-bond donors (Lipinski definition) is 3. The standard InChI is InChI=1S/C29H28N4O2S/c1-32-29(30)22-14-15-26-25(17-22)24(19-8-3-2-4-9-19)18-27(33-26)21-11-7-10-20(16-21)23-12-5-6-13-28(23)36(31,34)35/h2-17,24,27,33H,18H2,1H3,(H2,30,32)(H2,31,34,35). The first kappa shape index (κ1) is 23.8. The lowest BCUT2D eigenvalue weighted by atomic mass is 9.79. The van der Waals surface area contributed by atoms with Gasteiger partial charge in [-0.05, 0) is 59.0 Å². The first-order valence-corrected chi connectivity index (χ1v) is 13.3. The van der Waals surface area contributed by atoms with Gasteiger partial charge in [-0.25, -0.2) is 13.6 Å². The van der Waals surface area contributed by atoms with Crippen molar-refractivity contribution in [3.63, 3.8) is 0 Å². The molecule has 182 valence electrons. The van der Waals surface area contributed by atoms with Crippen LogP contribution in [0.25, 0.3) is 11.1 Å². The summed E-state index contributed by atoms with van der Waals surface area (Å²) in [5, 5.41) is 9.19. The molecule has 6 nitrogen and oxygen atoms in total. The fourth-order valence-electron chi connectivity index (χ4n) is 4.98. The van der Waals surface area contributed by atoms with E-state index in [1.54, 1.807) is 25.2 Å². The van der Waals surface area contributed by atoms with Gasteiger partial charge >= 0.3 is 0 Å². The van der Waals surface area contributed by atoms with Crippen molar-refractivity contribution in [2.45, 2.75) is 23.3 Å². The van der Waals surface area contributed by atoms with Gasteiger partial charge in [0, 0.05) is 29.8 Å². The number of fused-ring (bicyclic) bond motifs is 1. The smallest absolute Gasteiger partial charge is 0.238 e. The van der Waals surface area contributed by atoms with Crippen LogP contribution in [-0.2, 0) is 10.0 Å². The SMILES string of the molecule is CN=C(N)c1ccc2c(c1)C(c1ccccc1)CC(c1cccc(-c3ccccc3S(N)(=O)=O)c1)N2. The minimum Gasteiger partial charge on any atom is -0.384 e. The zero-order valence-corrected chi connectivity index (χ0v) is 20.7. The number of nitrogens with one attached hydrogen (secondary N) is 1. The molecule has 0 aliphatic carbocycles. The normalized spacial score (nSPS) is 17.8. The molecule has 0 spiro atoms. The van der Waals surface area contributed by atoms with E-state index in [0.717, 1.165) is 28.8 Å². The molecular formula is C29H28N4O2S. The third-order valence-electron chi connectivity index (χ3n) is 6.76. The highest BCUT2D eigenvalue weighted by atomic mass is 32.2. The lowest BCUT2D eigenvalue weighted by Crippen LogP contribution is -2.23. The fraction of sp³-hybridized carbons (Fsp3) is 0.138. The predicted octanol–water partition coefficient (Wildman–Crippen LogP) is 5.02. The molecule has 0 amide bonds. The predicted molar refractivity (Wildman–Crippen MR) is 146 cm³/mol. The van der Waals surface area contributed by atoms with E-state index in [1.165, 1.54) is 11.1 Å². The average molecular weight is 497 g/mol. The number of nitrogens with zero attached hydrogens (tertiary/aromatic N) is 1. The molecule has 0 saturated heterocycles. The molecule has 7 heteroatoms. The van der Waals surface area contributed by atoms with E-state index >= 15 is 0 Å². The summed E-state index contributed by atoms with van der Waals surface area (Å²) in [6.45, 7) is 0.